The predicted octanol–water partition coefficient (Wildman–Crippen LogP) is 0.860. The van der Waals surface area contributed by atoms with Gasteiger partial charge in [-0.3, -0.25) is 0 Å². The Balaban J connectivity index is 3.70. The second kappa shape index (κ2) is 5.21. The zero-order valence-electron chi connectivity index (χ0n) is 6.20. The van der Waals surface area contributed by atoms with E-state index in [4.69, 9.17) is 10.2 Å². The summed E-state index contributed by atoms with van der Waals surface area (Å²) in [4.78, 5) is 0. The molecule has 2 nitrogen and oxygen atoms in total. The van der Waals surface area contributed by atoms with Gasteiger partial charge in [-0.25, -0.2) is 0 Å². The number of hydrogen-bond donors (Lipinski definition) is 2. The van der Waals surface area contributed by atoms with E-state index in [2.05, 4.69) is 6.58 Å². The van der Waals surface area contributed by atoms with Crippen LogP contribution in [0.2, 0.25) is 0 Å². The molecule has 0 aliphatic heterocycles. The lowest BCUT2D eigenvalue weighted by molar-refractivity contribution is 0.0466. The van der Waals surface area contributed by atoms with E-state index in [9.17, 15) is 0 Å². The molecule has 0 radical (unpaired) electrons. The minimum atomic E-state index is -0.761. The minimum absolute atomic E-state index is 0.558. The summed E-state index contributed by atoms with van der Waals surface area (Å²) < 4.78 is 0. The maximum atomic E-state index is 9.06. The van der Waals surface area contributed by atoms with Crippen molar-refractivity contribution in [3.05, 3.63) is 24.8 Å². The topological polar surface area (TPSA) is 40.5 Å². The number of aliphatic hydroxyl groups is 2. The van der Waals surface area contributed by atoms with Crippen LogP contribution in [0.4, 0.5) is 0 Å². The van der Waals surface area contributed by atoms with Crippen LogP contribution in [-0.4, -0.2) is 22.4 Å². The molecule has 2 atom stereocenters. The van der Waals surface area contributed by atoms with Crippen LogP contribution >= 0.6 is 0 Å². The van der Waals surface area contributed by atoms with E-state index >= 15 is 0 Å². The van der Waals surface area contributed by atoms with Crippen LogP contribution in [0, 0.1) is 0 Å². The standard InChI is InChI=1S/C8H14O2/c1-3-5-6-8(10)7(9)4-2/h3,5-10H,1,4H2,2H3. The van der Waals surface area contributed by atoms with E-state index in [1.807, 2.05) is 6.92 Å². The Kier molecular flexibility index (Phi) is 4.89. The Bertz CT molecular complexity index is 118. The van der Waals surface area contributed by atoms with Crippen molar-refractivity contribution in [2.24, 2.45) is 0 Å². The Hall–Kier alpha value is -0.600. The summed E-state index contributed by atoms with van der Waals surface area (Å²) in [5.41, 5.74) is 0. The van der Waals surface area contributed by atoms with Gasteiger partial charge in [-0.2, -0.15) is 0 Å². The molecule has 0 aromatic rings. The van der Waals surface area contributed by atoms with Gasteiger partial charge in [0.15, 0.2) is 0 Å². The van der Waals surface area contributed by atoms with Gasteiger partial charge < -0.3 is 10.2 Å². The molecule has 0 saturated heterocycles. The monoisotopic (exact) mass is 142 g/mol. The normalized spacial score (nSPS) is 17.1. The van der Waals surface area contributed by atoms with Gasteiger partial charge in [-0.15, -0.1) is 0 Å². The first-order valence-electron chi connectivity index (χ1n) is 3.37. The van der Waals surface area contributed by atoms with Gasteiger partial charge in [0, 0.05) is 0 Å². The first-order chi connectivity index (χ1) is 4.72. The highest BCUT2D eigenvalue weighted by Gasteiger charge is 2.08. The predicted molar refractivity (Wildman–Crippen MR) is 41.6 cm³/mol. The lowest BCUT2D eigenvalue weighted by atomic mass is 10.1. The average Bonchev–Trinajstić information content (AvgIpc) is 1.98. The SMILES string of the molecule is C=CC=CC(O)C(O)CC. The van der Waals surface area contributed by atoms with Crippen LogP contribution in [0.25, 0.3) is 0 Å². The third-order valence-corrected chi connectivity index (χ3v) is 1.26. The second-order valence-corrected chi connectivity index (χ2v) is 2.09. The molecule has 10 heavy (non-hydrogen) atoms. The molecule has 2 heteroatoms. The van der Waals surface area contributed by atoms with Crippen molar-refractivity contribution in [2.75, 3.05) is 0 Å². The molecule has 0 heterocycles. The van der Waals surface area contributed by atoms with E-state index in [0.29, 0.717) is 6.42 Å². The maximum absolute atomic E-state index is 9.06. The molecule has 0 bridgehead atoms. The highest BCUT2D eigenvalue weighted by molar-refractivity contribution is 5.01. The largest absolute Gasteiger partial charge is 0.390 e. The number of allylic oxidation sites excluding steroid dienone is 2. The minimum Gasteiger partial charge on any atom is -0.390 e. The van der Waals surface area contributed by atoms with Crippen molar-refractivity contribution in [1.82, 2.24) is 0 Å². The summed E-state index contributed by atoms with van der Waals surface area (Å²) in [6, 6.07) is 0. The van der Waals surface area contributed by atoms with E-state index in [0.717, 1.165) is 0 Å². The maximum Gasteiger partial charge on any atom is 0.0982 e. The quantitative estimate of drug-likeness (QED) is 0.571. The molecule has 0 spiro atoms. The summed E-state index contributed by atoms with van der Waals surface area (Å²) in [5.74, 6) is 0. The third kappa shape index (κ3) is 3.43. The molecule has 0 saturated carbocycles. The van der Waals surface area contributed by atoms with Crippen LogP contribution in [0.3, 0.4) is 0 Å². The Morgan fingerprint density at radius 2 is 2.10 bits per heavy atom. The number of hydrogen-bond acceptors (Lipinski definition) is 2. The van der Waals surface area contributed by atoms with Crippen LogP contribution in [0.15, 0.2) is 24.8 Å². The summed E-state index contributed by atoms with van der Waals surface area (Å²) in [5, 5.41) is 18.1. The van der Waals surface area contributed by atoms with Gasteiger partial charge in [-0.1, -0.05) is 31.7 Å². The highest BCUT2D eigenvalue weighted by atomic mass is 16.3. The van der Waals surface area contributed by atoms with Crippen LogP contribution in [0.5, 0.6) is 0 Å². The molecule has 58 valence electrons. The summed E-state index contributed by atoms with van der Waals surface area (Å²) in [7, 11) is 0. The highest BCUT2D eigenvalue weighted by Crippen LogP contribution is 1.98. The summed E-state index contributed by atoms with van der Waals surface area (Å²) in [6.07, 6.45) is 3.83. The summed E-state index contributed by atoms with van der Waals surface area (Å²) >= 11 is 0. The van der Waals surface area contributed by atoms with Gasteiger partial charge in [-0.05, 0) is 6.42 Å². The first kappa shape index (κ1) is 9.40. The zero-order chi connectivity index (χ0) is 7.98. The van der Waals surface area contributed by atoms with Crippen molar-refractivity contribution in [3.63, 3.8) is 0 Å². The van der Waals surface area contributed by atoms with Gasteiger partial charge in [0.1, 0.15) is 0 Å². The van der Waals surface area contributed by atoms with Crippen molar-refractivity contribution in [1.29, 1.82) is 0 Å². The average molecular weight is 142 g/mol. The molecule has 0 aromatic heterocycles. The van der Waals surface area contributed by atoms with E-state index in [1.54, 1.807) is 12.2 Å². The van der Waals surface area contributed by atoms with E-state index in [1.165, 1.54) is 6.08 Å². The van der Waals surface area contributed by atoms with E-state index in [-0.39, 0.29) is 0 Å². The molecule has 2 N–H and O–H groups in total. The third-order valence-electron chi connectivity index (χ3n) is 1.26. The van der Waals surface area contributed by atoms with Crippen molar-refractivity contribution >= 4 is 0 Å². The molecule has 0 aliphatic carbocycles. The molecule has 0 aliphatic rings. The fraction of sp³-hybridized carbons (Fsp3) is 0.500. The Morgan fingerprint density at radius 3 is 2.50 bits per heavy atom. The van der Waals surface area contributed by atoms with Crippen molar-refractivity contribution < 1.29 is 10.2 Å². The van der Waals surface area contributed by atoms with E-state index < -0.39 is 12.2 Å². The van der Waals surface area contributed by atoms with Crippen molar-refractivity contribution in [3.8, 4) is 0 Å². The number of aliphatic hydroxyl groups excluding tert-OH is 2. The Labute approximate surface area is 61.5 Å². The second-order valence-electron chi connectivity index (χ2n) is 2.09. The van der Waals surface area contributed by atoms with Crippen LogP contribution < -0.4 is 0 Å². The van der Waals surface area contributed by atoms with Crippen LogP contribution in [0.1, 0.15) is 13.3 Å². The lowest BCUT2D eigenvalue weighted by Crippen LogP contribution is -2.22. The smallest absolute Gasteiger partial charge is 0.0982 e. The Morgan fingerprint density at radius 1 is 1.50 bits per heavy atom. The van der Waals surface area contributed by atoms with Crippen molar-refractivity contribution in [2.45, 2.75) is 25.6 Å². The zero-order valence-corrected chi connectivity index (χ0v) is 6.20. The van der Waals surface area contributed by atoms with Gasteiger partial charge in [0.05, 0.1) is 12.2 Å². The molecule has 0 rings (SSSR count). The molecule has 0 aromatic carbocycles. The van der Waals surface area contributed by atoms with Crippen LogP contribution in [-0.2, 0) is 0 Å². The molecule has 2 unspecified atom stereocenters. The fourth-order valence-corrected chi connectivity index (χ4v) is 0.562. The van der Waals surface area contributed by atoms with Gasteiger partial charge in [0.25, 0.3) is 0 Å². The first-order valence-corrected chi connectivity index (χ1v) is 3.37. The molecular weight excluding hydrogens is 128 g/mol. The fourth-order valence-electron chi connectivity index (χ4n) is 0.562. The van der Waals surface area contributed by atoms with Gasteiger partial charge >= 0.3 is 0 Å². The lowest BCUT2D eigenvalue weighted by Gasteiger charge is -2.10. The molecule has 0 amide bonds. The molecule has 0 fully saturated rings. The van der Waals surface area contributed by atoms with Gasteiger partial charge in [0.2, 0.25) is 0 Å². The number of rotatable bonds is 4. The molecular formula is C8H14O2. The summed E-state index contributed by atoms with van der Waals surface area (Å²) in [6.45, 7) is 5.25.